The van der Waals surface area contributed by atoms with Gasteiger partial charge in [0.2, 0.25) is 5.91 Å². The molecule has 2 rings (SSSR count). The van der Waals surface area contributed by atoms with Gasteiger partial charge in [0.15, 0.2) is 0 Å². The average Bonchev–Trinajstić information content (AvgIpc) is 2.39. The summed E-state index contributed by atoms with van der Waals surface area (Å²) < 4.78 is 0. The molecule has 7 heteroatoms. The van der Waals surface area contributed by atoms with E-state index in [0.717, 1.165) is 4.90 Å². The molecule has 7 nitrogen and oxygen atoms in total. The standard InChI is InChI=1S/C12H13N3O4/c16-10-7-15(9(6-13-10)11(17)18)12(19)14-8-4-2-1-3-5-8/h1-5,9H,6-7H2,(H,13,16)(H,14,19)(H,17,18). The highest BCUT2D eigenvalue weighted by molar-refractivity contribution is 5.96. The van der Waals surface area contributed by atoms with E-state index in [1.165, 1.54) is 0 Å². The highest BCUT2D eigenvalue weighted by atomic mass is 16.4. The van der Waals surface area contributed by atoms with Gasteiger partial charge in [-0.2, -0.15) is 0 Å². The van der Waals surface area contributed by atoms with Crippen molar-refractivity contribution in [2.75, 3.05) is 18.4 Å². The van der Waals surface area contributed by atoms with Gasteiger partial charge in [-0.15, -0.1) is 0 Å². The predicted molar refractivity (Wildman–Crippen MR) is 66.6 cm³/mol. The lowest BCUT2D eigenvalue weighted by molar-refractivity contribution is -0.144. The number of para-hydroxylation sites is 1. The summed E-state index contributed by atoms with van der Waals surface area (Å²) in [6, 6.07) is 6.98. The van der Waals surface area contributed by atoms with Crippen LogP contribution in [0.25, 0.3) is 0 Å². The van der Waals surface area contributed by atoms with Gasteiger partial charge in [0.05, 0.1) is 0 Å². The summed E-state index contributed by atoms with van der Waals surface area (Å²) in [6.07, 6.45) is 0. The van der Waals surface area contributed by atoms with Crippen molar-refractivity contribution in [1.29, 1.82) is 0 Å². The molecule has 1 aromatic carbocycles. The third-order valence-corrected chi connectivity index (χ3v) is 2.75. The maximum Gasteiger partial charge on any atom is 0.328 e. The fraction of sp³-hybridized carbons (Fsp3) is 0.250. The number of rotatable bonds is 2. The van der Waals surface area contributed by atoms with E-state index >= 15 is 0 Å². The number of piperazine rings is 1. The maximum atomic E-state index is 12.0. The highest BCUT2D eigenvalue weighted by Gasteiger charge is 2.35. The van der Waals surface area contributed by atoms with E-state index in [4.69, 9.17) is 5.11 Å². The molecule has 0 aliphatic carbocycles. The van der Waals surface area contributed by atoms with Gasteiger partial charge in [0.1, 0.15) is 12.6 Å². The highest BCUT2D eigenvalue weighted by Crippen LogP contribution is 2.10. The number of carbonyl (C=O) groups is 3. The number of amides is 3. The number of urea groups is 1. The van der Waals surface area contributed by atoms with E-state index in [0.29, 0.717) is 5.69 Å². The van der Waals surface area contributed by atoms with Gasteiger partial charge in [0, 0.05) is 12.2 Å². The number of nitrogens with zero attached hydrogens (tertiary/aromatic N) is 1. The number of aliphatic carboxylic acids is 1. The van der Waals surface area contributed by atoms with Crippen molar-refractivity contribution >= 4 is 23.6 Å². The van der Waals surface area contributed by atoms with Crippen LogP contribution in [0, 0.1) is 0 Å². The minimum Gasteiger partial charge on any atom is -0.480 e. The Morgan fingerprint density at radius 1 is 1.32 bits per heavy atom. The topological polar surface area (TPSA) is 98.7 Å². The van der Waals surface area contributed by atoms with Gasteiger partial charge in [0.25, 0.3) is 0 Å². The molecule has 1 heterocycles. The summed E-state index contributed by atoms with van der Waals surface area (Å²) in [5.41, 5.74) is 0.544. The van der Waals surface area contributed by atoms with Gasteiger partial charge in [-0.3, -0.25) is 9.69 Å². The number of anilines is 1. The zero-order valence-corrected chi connectivity index (χ0v) is 10.00. The van der Waals surface area contributed by atoms with Crippen LogP contribution in [0.1, 0.15) is 0 Å². The minimum atomic E-state index is -1.15. The molecule has 1 aliphatic rings. The second-order valence-electron chi connectivity index (χ2n) is 4.08. The lowest BCUT2D eigenvalue weighted by Gasteiger charge is -2.32. The normalized spacial score (nSPS) is 18.6. The van der Waals surface area contributed by atoms with Crippen molar-refractivity contribution < 1.29 is 19.5 Å². The molecule has 1 fully saturated rings. The number of carbonyl (C=O) groups excluding carboxylic acids is 2. The smallest absolute Gasteiger partial charge is 0.328 e. The largest absolute Gasteiger partial charge is 0.480 e. The molecule has 3 amide bonds. The first-order chi connectivity index (χ1) is 9.08. The average molecular weight is 263 g/mol. The Morgan fingerprint density at radius 2 is 2.00 bits per heavy atom. The number of nitrogens with one attached hydrogen (secondary N) is 2. The molecular weight excluding hydrogens is 250 g/mol. The Morgan fingerprint density at radius 3 is 2.63 bits per heavy atom. The number of benzene rings is 1. The van der Waals surface area contributed by atoms with Crippen LogP contribution >= 0.6 is 0 Å². The van der Waals surface area contributed by atoms with Crippen LogP contribution in [0.2, 0.25) is 0 Å². The van der Waals surface area contributed by atoms with Crippen LogP contribution in [0.15, 0.2) is 30.3 Å². The first-order valence-corrected chi connectivity index (χ1v) is 5.70. The summed E-state index contributed by atoms with van der Waals surface area (Å²) in [6.45, 7) is -0.355. The Balaban J connectivity index is 2.11. The second kappa shape index (κ2) is 5.38. The van der Waals surface area contributed by atoms with Crippen molar-refractivity contribution in [3.63, 3.8) is 0 Å². The van der Waals surface area contributed by atoms with Crippen LogP contribution in [0.4, 0.5) is 10.5 Å². The molecular formula is C12H13N3O4. The minimum absolute atomic E-state index is 0.0869. The van der Waals surface area contributed by atoms with Crippen LogP contribution in [0.5, 0.6) is 0 Å². The van der Waals surface area contributed by atoms with Crippen molar-refractivity contribution in [2.24, 2.45) is 0 Å². The fourth-order valence-electron chi connectivity index (χ4n) is 1.79. The molecule has 0 spiro atoms. The van der Waals surface area contributed by atoms with Crippen molar-refractivity contribution in [2.45, 2.75) is 6.04 Å². The first-order valence-electron chi connectivity index (χ1n) is 5.70. The zero-order chi connectivity index (χ0) is 13.8. The van der Waals surface area contributed by atoms with E-state index in [-0.39, 0.29) is 19.0 Å². The number of carboxylic acid groups (broad SMARTS) is 1. The van der Waals surface area contributed by atoms with Crippen molar-refractivity contribution in [3.8, 4) is 0 Å². The van der Waals surface area contributed by atoms with Crippen LogP contribution < -0.4 is 10.6 Å². The Kier molecular flexibility index (Phi) is 3.65. The van der Waals surface area contributed by atoms with Crippen LogP contribution in [-0.2, 0) is 9.59 Å². The Labute approximate surface area is 109 Å². The van der Waals surface area contributed by atoms with E-state index in [1.807, 2.05) is 0 Å². The maximum absolute atomic E-state index is 12.0. The van der Waals surface area contributed by atoms with E-state index in [2.05, 4.69) is 10.6 Å². The van der Waals surface area contributed by atoms with Crippen LogP contribution in [0.3, 0.4) is 0 Å². The molecule has 1 atom stereocenters. The van der Waals surface area contributed by atoms with Gasteiger partial charge < -0.3 is 15.7 Å². The summed E-state index contributed by atoms with van der Waals surface area (Å²) in [7, 11) is 0. The third-order valence-electron chi connectivity index (χ3n) is 2.75. The SMILES string of the molecule is O=C1CN(C(=O)Nc2ccccc2)C(C(=O)O)CN1. The van der Waals surface area contributed by atoms with E-state index in [1.54, 1.807) is 30.3 Å². The molecule has 0 aromatic heterocycles. The quantitative estimate of drug-likeness (QED) is 0.705. The van der Waals surface area contributed by atoms with Gasteiger partial charge >= 0.3 is 12.0 Å². The Hall–Kier alpha value is -2.57. The lowest BCUT2D eigenvalue weighted by atomic mass is 10.2. The lowest BCUT2D eigenvalue weighted by Crippen LogP contribution is -2.60. The van der Waals surface area contributed by atoms with Crippen molar-refractivity contribution in [3.05, 3.63) is 30.3 Å². The molecule has 1 saturated heterocycles. The molecule has 19 heavy (non-hydrogen) atoms. The number of hydrogen-bond acceptors (Lipinski definition) is 3. The molecule has 3 N–H and O–H groups in total. The van der Waals surface area contributed by atoms with E-state index < -0.39 is 18.0 Å². The monoisotopic (exact) mass is 263 g/mol. The molecule has 0 saturated carbocycles. The third kappa shape index (κ3) is 3.01. The summed E-state index contributed by atoms with van der Waals surface area (Å²) in [4.78, 5) is 35.3. The number of hydrogen-bond donors (Lipinski definition) is 3. The molecule has 0 radical (unpaired) electrons. The van der Waals surface area contributed by atoms with Crippen molar-refractivity contribution in [1.82, 2.24) is 10.2 Å². The summed E-state index contributed by atoms with van der Waals surface area (Å²) >= 11 is 0. The second-order valence-corrected chi connectivity index (χ2v) is 4.08. The zero-order valence-electron chi connectivity index (χ0n) is 10.00. The van der Waals surface area contributed by atoms with Gasteiger partial charge in [-0.1, -0.05) is 18.2 Å². The molecule has 1 aliphatic heterocycles. The van der Waals surface area contributed by atoms with Gasteiger partial charge in [-0.25, -0.2) is 9.59 Å². The number of carboxylic acids is 1. The predicted octanol–water partition coefficient (Wildman–Crippen LogP) is 0.104. The molecule has 0 bridgehead atoms. The molecule has 100 valence electrons. The van der Waals surface area contributed by atoms with Gasteiger partial charge in [-0.05, 0) is 12.1 Å². The van der Waals surface area contributed by atoms with Crippen LogP contribution in [-0.4, -0.2) is 47.0 Å². The van der Waals surface area contributed by atoms with E-state index in [9.17, 15) is 14.4 Å². The Bertz CT molecular complexity index is 503. The fourth-order valence-corrected chi connectivity index (χ4v) is 1.79. The summed E-state index contributed by atoms with van der Waals surface area (Å²) in [5.74, 6) is -1.52. The summed E-state index contributed by atoms with van der Waals surface area (Å²) in [5, 5.41) is 14.0. The first kappa shape index (κ1) is 12.9. The molecule has 1 unspecified atom stereocenters. The molecule has 1 aromatic rings.